The van der Waals surface area contributed by atoms with E-state index in [0.29, 0.717) is 18.5 Å². The molecule has 6 heteroatoms. The number of carboxylic acids is 1. The molecule has 0 bridgehead atoms. The zero-order valence-corrected chi connectivity index (χ0v) is 15.3. The summed E-state index contributed by atoms with van der Waals surface area (Å²) >= 11 is 1.63. The number of carboxylic acid groups (broad SMARTS) is 1. The zero-order valence-electron chi connectivity index (χ0n) is 14.5. The van der Waals surface area contributed by atoms with Gasteiger partial charge in [0.2, 0.25) is 5.91 Å². The van der Waals surface area contributed by atoms with Crippen molar-refractivity contribution >= 4 is 39.1 Å². The first-order valence-electron chi connectivity index (χ1n) is 8.76. The molecule has 2 atom stereocenters. The maximum absolute atomic E-state index is 12.5. The molecule has 1 aliphatic rings. The Morgan fingerprint density at radius 1 is 1.00 bits per heavy atom. The Bertz CT molecular complexity index is 990. The topological polar surface area (TPSA) is 79.3 Å². The summed E-state index contributed by atoms with van der Waals surface area (Å²) in [5.74, 6) is -2.39. The molecular weight excluding hydrogens is 360 g/mol. The molecule has 2 aromatic carbocycles. The van der Waals surface area contributed by atoms with Crippen LogP contribution in [0.2, 0.25) is 0 Å². The van der Waals surface area contributed by atoms with Crippen LogP contribution in [-0.4, -0.2) is 22.0 Å². The van der Waals surface area contributed by atoms with Crippen LogP contribution in [0, 0.1) is 11.8 Å². The standard InChI is InChI=1S/C21H18N2O3S/c24-19(15-5-1-2-6-16(15)21(25)26)22-14-11-9-13(10-12-14)20-23-17-7-3-4-8-18(17)27-20/h1-4,7-12,15-16H,5-6H2,(H,22,24)(H,25,26)/t15-,16+/m0/s1. The number of aromatic nitrogens is 1. The van der Waals surface area contributed by atoms with Gasteiger partial charge in [0.1, 0.15) is 5.01 Å². The van der Waals surface area contributed by atoms with Gasteiger partial charge in [-0.3, -0.25) is 9.59 Å². The van der Waals surface area contributed by atoms with E-state index in [1.807, 2.05) is 60.7 Å². The number of aliphatic carboxylic acids is 1. The highest BCUT2D eigenvalue weighted by atomic mass is 32.1. The number of hydrogen-bond acceptors (Lipinski definition) is 4. The minimum absolute atomic E-state index is 0.250. The maximum atomic E-state index is 12.5. The van der Waals surface area contributed by atoms with Crippen molar-refractivity contribution in [3.8, 4) is 10.6 Å². The van der Waals surface area contributed by atoms with Crippen LogP contribution in [0.5, 0.6) is 0 Å². The molecule has 4 rings (SSSR count). The van der Waals surface area contributed by atoms with E-state index in [9.17, 15) is 14.7 Å². The summed E-state index contributed by atoms with van der Waals surface area (Å²) in [4.78, 5) is 28.5. The fraction of sp³-hybridized carbons (Fsp3) is 0.190. The van der Waals surface area contributed by atoms with Gasteiger partial charge >= 0.3 is 5.97 Å². The number of anilines is 1. The number of nitrogens with zero attached hydrogens (tertiary/aromatic N) is 1. The number of para-hydroxylation sites is 1. The van der Waals surface area contributed by atoms with E-state index >= 15 is 0 Å². The van der Waals surface area contributed by atoms with Crippen LogP contribution in [0.4, 0.5) is 5.69 Å². The Morgan fingerprint density at radius 2 is 1.70 bits per heavy atom. The van der Waals surface area contributed by atoms with Crippen LogP contribution >= 0.6 is 11.3 Å². The Morgan fingerprint density at radius 3 is 2.41 bits per heavy atom. The number of benzene rings is 2. The molecule has 0 saturated heterocycles. The highest BCUT2D eigenvalue weighted by molar-refractivity contribution is 7.21. The Kier molecular flexibility index (Phi) is 4.73. The van der Waals surface area contributed by atoms with E-state index in [0.717, 1.165) is 20.8 Å². The fourth-order valence-electron chi connectivity index (χ4n) is 3.30. The predicted molar refractivity (Wildman–Crippen MR) is 107 cm³/mol. The van der Waals surface area contributed by atoms with Crippen LogP contribution in [0.1, 0.15) is 12.8 Å². The second-order valence-electron chi connectivity index (χ2n) is 6.55. The van der Waals surface area contributed by atoms with Gasteiger partial charge in [0.05, 0.1) is 22.1 Å². The molecule has 136 valence electrons. The zero-order chi connectivity index (χ0) is 18.8. The van der Waals surface area contributed by atoms with E-state index in [1.54, 1.807) is 11.3 Å². The highest BCUT2D eigenvalue weighted by Gasteiger charge is 2.33. The second-order valence-corrected chi connectivity index (χ2v) is 7.58. The molecule has 0 spiro atoms. The van der Waals surface area contributed by atoms with Crippen molar-refractivity contribution < 1.29 is 14.7 Å². The lowest BCUT2D eigenvalue weighted by molar-refractivity contribution is -0.146. The molecule has 27 heavy (non-hydrogen) atoms. The van der Waals surface area contributed by atoms with E-state index in [1.165, 1.54) is 0 Å². The second kappa shape index (κ2) is 7.32. The molecule has 0 radical (unpaired) electrons. The first kappa shape index (κ1) is 17.4. The quantitative estimate of drug-likeness (QED) is 0.652. The average Bonchev–Trinajstić information content (AvgIpc) is 3.12. The summed E-state index contributed by atoms with van der Waals surface area (Å²) in [7, 11) is 0. The molecule has 1 aliphatic carbocycles. The first-order chi connectivity index (χ1) is 13.1. The third kappa shape index (κ3) is 3.61. The van der Waals surface area contributed by atoms with Crippen LogP contribution < -0.4 is 5.32 Å². The molecule has 3 aromatic rings. The van der Waals surface area contributed by atoms with Gasteiger partial charge in [0, 0.05) is 11.3 Å². The van der Waals surface area contributed by atoms with E-state index in [4.69, 9.17) is 0 Å². The molecule has 1 heterocycles. The number of nitrogens with one attached hydrogen (secondary N) is 1. The molecular formula is C21H18N2O3S. The maximum Gasteiger partial charge on any atom is 0.307 e. The van der Waals surface area contributed by atoms with E-state index in [-0.39, 0.29) is 5.91 Å². The molecule has 5 nitrogen and oxygen atoms in total. The number of carbonyl (C=O) groups excluding carboxylic acids is 1. The summed E-state index contributed by atoms with van der Waals surface area (Å²) in [5.41, 5.74) is 2.61. The van der Waals surface area contributed by atoms with Gasteiger partial charge < -0.3 is 10.4 Å². The monoisotopic (exact) mass is 378 g/mol. The van der Waals surface area contributed by atoms with Gasteiger partial charge in [-0.05, 0) is 49.2 Å². The summed E-state index contributed by atoms with van der Waals surface area (Å²) in [6, 6.07) is 15.5. The van der Waals surface area contributed by atoms with Crippen molar-refractivity contribution in [3.63, 3.8) is 0 Å². The number of thiazole rings is 1. The fourth-order valence-corrected chi connectivity index (χ4v) is 4.27. The lowest BCUT2D eigenvalue weighted by Gasteiger charge is -2.24. The third-order valence-corrected chi connectivity index (χ3v) is 5.87. The number of carbonyl (C=O) groups is 2. The highest BCUT2D eigenvalue weighted by Crippen LogP contribution is 2.31. The van der Waals surface area contributed by atoms with Crippen molar-refractivity contribution in [2.45, 2.75) is 12.8 Å². The first-order valence-corrected chi connectivity index (χ1v) is 9.58. The lowest BCUT2D eigenvalue weighted by atomic mass is 9.82. The van der Waals surface area contributed by atoms with Gasteiger partial charge in [-0.2, -0.15) is 0 Å². The van der Waals surface area contributed by atoms with Crippen LogP contribution in [-0.2, 0) is 9.59 Å². The molecule has 0 aliphatic heterocycles. The Hall–Kier alpha value is -2.99. The molecule has 0 unspecified atom stereocenters. The van der Waals surface area contributed by atoms with Crippen molar-refractivity contribution in [2.24, 2.45) is 11.8 Å². The van der Waals surface area contributed by atoms with Crippen molar-refractivity contribution in [1.29, 1.82) is 0 Å². The number of allylic oxidation sites excluding steroid dienone is 2. The average molecular weight is 378 g/mol. The Balaban J connectivity index is 1.49. The van der Waals surface area contributed by atoms with Gasteiger partial charge in [-0.1, -0.05) is 24.3 Å². The minimum Gasteiger partial charge on any atom is -0.481 e. The van der Waals surface area contributed by atoms with Gasteiger partial charge in [-0.25, -0.2) is 4.98 Å². The number of amides is 1. The van der Waals surface area contributed by atoms with Crippen LogP contribution in [0.15, 0.2) is 60.7 Å². The Labute approximate surface area is 160 Å². The SMILES string of the molecule is O=C(Nc1ccc(-c2nc3ccccc3s2)cc1)[C@H]1CC=CC[C@H]1C(=O)O. The molecule has 0 saturated carbocycles. The van der Waals surface area contributed by atoms with Gasteiger partial charge in [-0.15, -0.1) is 11.3 Å². The van der Waals surface area contributed by atoms with Crippen molar-refractivity contribution in [2.75, 3.05) is 5.32 Å². The molecule has 1 aromatic heterocycles. The van der Waals surface area contributed by atoms with Crippen LogP contribution in [0.3, 0.4) is 0 Å². The van der Waals surface area contributed by atoms with Crippen LogP contribution in [0.25, 0.3) is 20.8 Å². The third-order valence-electron chi connectivity index (χ3n) is 4.78. The van der Waals surface area contributed by atoms with E-state index in [2.05, 4.69) is 10.3 Å². The van der Waals surface area contributed by atoms with Crippen molar-refractivity contribution in [1.82, 2.24) is 4.98 Å². The molecule has 0 fully saturated rings. The molecule has 2 N–H and O–H groups in total. The molecule has 1 amide bonds. The number of hydrogen-bond donors (Lipinski definition) is 2. The smallest absolute Gasteiger partial charge is 0.307 e. The number of rotatable bonds is 4. The van der Waals surface area contributed by atoms with Gasteiger partial charge in [0.25, 0.3) is 0 Å². The van der Waals surface area contributed by atoms with Crippen molar-refractivity contribution in [3.05, 3.63) is 60.7 Å². The summed E-state index contributed by atoms with van der Waals surface area (Å²) < 4.78 is 1.13. The summed E-state index contributed by atoms with van der Waals surface area (Å²) in [6.07, 6.45) is 4.55. The minimum atomic E-state index is -0.925. The summed E-state index contributed by atoms with van der Waals surface area (Å²) in [6.45, 7) is 0. The van der Waals surface area contributed by atoms with Gasteiger partial charge in [0.15, 0.2) is 0 Å². The largest absolute Gasteiger partial charge is 0.481 e. The van der Waals surface area contributed by atoms with E-state index < -0.39 is 17.8 Å². The predicted octanol–water partition coefficient (Wildman–Crippen LogP) is 4.57. The lowest BCUT2D eigenvalue weighted by Crippen LogP contribution is -2.34. The normalized spacial score (nSPS) is 19.1. The summed E-state index contributed by atoms with van der Waals surface area (Å²) in [5, 5.41) is 13.1. The number of fused-ring (bicyclic) bond motifs is 1.